The number of carbonyl (C=O) groups is 1. The molecule has 1 amide bonds. The average molecular weight is 304 g/mol. The van der Waals surface area contributed by atoms with Gasteiger partial charge in [0.25, 0.3) is 5.91 Å². The number of benzene rings is 1. The molecule has 0 saturated carbocycles. The number of nitrogens with one attached hydrogen (secondary N) is 2. The van der Waals surface area contributed by atoms with Crippen LogP contribution in [-0.2, 0) is 6.18 Å². The van der Waals surface area contributed by atoms with Crippen LogP contribution in [0.5, 0.6) is 0 Å². The van der Waals surface area contributed by atoms with Crippen molar-refractivity contribution >= 4 is 5.91 Å². The van der Waals surface area contributed by atoms with Gasteiger partial charge in [-0.05, 0) is 50.0 Å². The van der Waals surface area contributed by atoms with E-state index in [-0.39, 0.29) is 5.92 Å². The van der Waals surface area contributed by atoms with E-state index in [0.29, 0.717) is 24.7 Å². The summed E-state index contributed by atoms with van der Waals surface area (Å²) < 4.78 is 51.3. The van der Waals surface area contributed by atoms with Crippen molar-refractivity contribution in [2.45, 2.75) is 19.0 Å². The Balaban J connectivity index is 2.04. The lowest BCUT2D eigenvalue weighted by Crippen LogP contribution is -2.38. The number of hydrogen-bond acceptors (Lipinski definition) is 2. The molecule has 1 unspecified atom stereocenters. The Kier molecular flexibility index (Phi) is 4.82. The zero-order valence-corrected chi connectivity index (χ0v) is 11.3. The van der Waals surface area contributed by atoms with E-state index >= 15 is 0 Å². The molecule has 1 aliphatic heterocycles. The SMILES string of the molecule is O=C(NCC1CCCNC1)c1cc(C(F)(F)F)ccc1F. The summed E-state index contributed by atoms with van der Waals surface area (Å²) in [4.78, 5) is 11.8. The van der Waals surface area contributed by atoms with E-state index in [1.54, 1.807) is 0 Å². The number of rotatable bonds is 3. The minimum Gasteiger partial charge on any atom is -0.352 e. The maximum Gasteiger partial charge on any atom is 0.416 e. The third-order valence-corrected chi connectivity index (χ3v) is 3.49. The lowest BCUT2D eigenvalue weighted by molar-refractivity contribution is -0.137. The predicted molar refractivity (Wildman–Crippen MR) is 69.3 cm³/mol. The highest BCUT2D eigenvalue weighted by atomic mass is 19.4. The molecule has 1 fully saturated rings. The van der Waals surface area contributed by atoms with Crippen molar-refractivity contribution in [2.24, 2.45) is 5.92 Å². The van der Waals surface area contributed by atoms with Crippen molar-refractivity contribution in [3.63, 3.8) is 0 Å². The second kappa shape index (κ2) is 6.43. The first kappa shape index (κ1) is 15.8. The van der Waals surface area contributed by atoms with Gasteiger partial charge in [0.15, 0.2) is 0 Å². The van der Waals surface area contributed by atoms with Crippen LogP contribution in [0.2, 0.25) is 0 Å². The van der Waals surface area contributed by atoms with Gasteiger partial charge in [0.05, 0.1) is 11.1 Å². The van der Waals surface area contributed by atoms with Gasteiger partial charge >= 0.3 is 6.18 Å². The first-order valence-corrected chi connectivity index (χ1v) is 6.73. The Hall–Kier alpha value is -1.63. The minimum absolute atomic E-state index is 0.219. The van der Waals surface area contributed by atoms with Crippen molar-refractivity contribution in [3.05, 3.63) is 35.1 Å². The molecule has 2 N–H and O–H groups in total. The number of hydrogen-bond donors (Lipinski definition) is 2. The van der Waals surface area contributed by atoms with Crippen LogP contribution in [0.4, 0.5) is 17.6 Å². The topological polar surface area (TPSA) is 41.1 Å². The Labute approximate surface area is 119 Å². The van der Waals surface area contributed by atoms with Crippen LogP contribution in [0, 0.1) is 11.7 Å². The minimum atomic E-state index is -4.60. The molecule has 116 valence electrons. The monoisotopic (exact) mass is 304 g/mol. The van der Waals surface area contributed by atoms with Gasteiger partial charge in [0.2, 0.25) is 0 Å². The third-order valence-electron chi connectivity index (χ3n) is 3.49. The molecule has 1 aromatic carbocycles. The molecule has 1 atom stereocenters. The summed E-state index contributed by atoms with van der Waals surface area (Å²) in [7, 11) is 0. The summed E-state index contributed by atoms with van der Waals surface area (Å²) in [6, 6.07) is 1.83. The van der Waals surface area contributed by atoms with Crippen LogP contribution >= 0.6 is 0 Å². The van der Waals surface area contributed by atoms with Crippen molar-refractivity contribution in [1.82, 2.24) is 10.6 Å². The highest BCUT2D eigenvalue weighted by Crippen LogP contribution is 2.30. The zero-order valence-electron chi connectivity index (χ0n) is 11.3. The molecule has 0 aromatic heterocycles. The Morgan fingerprint density at radius 1 is 1.38 bits per heavy atom. The molecule has 7 heteroatoms. The molecule has 1 saturated heterocycles. The van der Waals surface area contributed by atoms with Crippen LogP contribution in [0.1, 0.15) is 28.8 Å². The smallest absolute Gasteiger partial charge is 0.352 e. The van der Waals surface area contributed by atoms with Gasteiger partial charge in [-0.3, -0.25) is 4.79 Å². The van der Waals surface area contributed by atoms with Crippen molar-refractivity contribution in [1.29, 1.82) is 0 Å². The maximum absolute atomic E-state index is 13.5. The van der Waals surface area contributed by atoms with E-state index < -0.39 is 29.0 Å². The van der Waals surface area contributed by atoms with Crippen LogP contribution in [0.25, 0.3) is 0 Å². The fraction of sp³-hybridized carbons (Fsp3) is 0.500. The van der Waals surface area contributed by atoms with E-state index in [4.69, 9.17) is 0 Å². The van der Waals surface area contributed by atoms with Crippen LogP contribution in [-0.4, -0.2) is 25.5 Å². The van der Waals surface area contributed by atoms with Gasteiger partial charge in [-0.2, -0.15) is 13.2 Å². The van der Waals surface area contributed by atoms with E-state index in [2.05, 4.69) is 10.6 Å². The zero-order chi connectivity index (χ0) is 15.5. The molecule has 2 rings (SSSR count). The lowest BCUT2D eigenvalue weighted by atomic mass is 9.99. The number of alkyl halides is 3. The summed E-state index contributed by atoms with van der Waals surface area (Å²) in [5, 5.41) is 5.67. The maximum atomic E-state index is 13.5. The molecular weight excluding hydrogens is 288 g/mol. The molecule has 1 aromatic rings. The van der Waals surface area contributed by atoms with Crippen LogP contribution in [0.3, 0.4) is 0 Å². The number of carbonyl (C=O) groups excluding carboxylic acids is 1. The van der Waals surface area contributed by atoms with Crippen molar-refractivity contribution in [2.75, 3.05) is 19.6 Å². The highest BCUT2D eigenvalue weighted by Gasteiger charge is 2.32. The quantitative estimate of drug-likeness (QED) is 0.843. The molecule has 21 heavy (non-hydrogen) atoms. The second-order valence-electron chi connectivity index (χ2n) is 5.11. The lowest BCUT2D eigenvalue weighted by Gasteiger charge is -2.23. The summed E-state index contributed by atoms with van der Waals surface area (Å²) in [6.45, 7) is 1.99. The summed E-state index contributed by atoms with van der Waals surface area (Å²) >= 11 is 0. The fourth-order valence-corrected chi connectivity index (χ4v) is 2.31. The van der Waals surface area contributed by atoms with Crippen LogP contribution in [0.15, 0.2) is 18.2 Å². The molecule has 1 heterocycles. The first-order valence-electron chi connectivity index (χ1n) is 6.73. The average Bonchev–Trinajstić information content (AvgIpc) is 2.45. The van der Waals surface area contributed by atoms with Crippen LogP contribution < -0.4 is 10.6 Å². The van der Waals surface area contributed by atoms with E-state index in [1.807, 2.05) is 0 Å². The number of piperidine rings is 1. The summed E-state index contributed by atoms with van der Waals surface area (Å²) in [5.41, 5.74) is -1.61. The molecule has 0 spiro atoms. The van der Waals surface area contributed by atoms with Gasteiger partial charge in [-0.15, -0.1) is 0 Å². The van der Waals surface area contributed by atoms with Gasteiger partial charge in [-0.1, -0.05) is 0 Å². The van der Waals surface area contributed by atoms with E-state index in [9.17, 15) is 22.4 Å². The summed E-state index contributed by atoms with van der Waals surface area (Å²) in [6.07, 6.45) is -2.69. The molecular formula is C14H16F4N2O. The first-order chi connectivity index (χ1) is 9.88. The van der Waals surface area contributed by atoms with Crippen molar-refractivity contribution < 1.29 is 22.4 Å². The largest absolute Gasteiger partial charge is 0.416 e. The molecule has 0 radical (unpaired) electrons. The normalized spacial score (nSPS) is 19.3. The molecule has 0 aliphatic carbocycles. The van der Waals surface area contributed by atoms with Crippen molar-refractivity contribution in [3.8, 4) is 0 Å². The Morgan fingerprint density at radius 2 is 2.14 bits per heavy atom. The van der Waals surface area contributed by atoms with E-state index in [1.165, 1.54) is 0 Å². The number of halogens is 4. The van der Waals surface area contributed by atoms with Gasteiger partial charge < -0.3 is 10.6 Å². The molecule has 1 aliphatic rings. The second-order valence-corrected chi connectivity index (χ2v) is 5.11. The Bertz CT molecular complexity index is 510. The summed E-state index contributed by atoms with van der Waals surface area (Å²) in [5.74, 6) is -1.55. The van der Waals surface area contributed by atoms with Gasteiger partial charge in [-0.25, -0.2) is 4.39 Å². The Morgan fingerprint density at radius 3 is 2.76 bits per heavy atom. The van der Waals surface area contributed by atoms with Gasteiger partial charge in [0.1, 0.15) is 5.82 Å². The molecule has 3 nitrogen and oxygen atoms in total. The van der Waals surface area contributed by atoms with Gasteiger partial charge in [0, 0.05) is 6.54 Å². The highest BCUT2D eigenvalue weighted by molar-refractivity contribution is 5.94. The molecule has 0 bridgehead atoms. The van der Waals surface area contributed by atoms with E-state index in [0.717, 1.165) is 25.9 Å². The standard InChI is InChI=1S/C14H16F4N2O/c15-12-4-3-10(14(16,17)18)6-11(12)13(21)20-8-9-2-1-5-19-7-9/h3-4,6,9,19H,1-2,5,7-8H2,(H,20,21). The predicted octanol–water partition coefficient (Wildman–Crippen LogP) is 2.57. The third kappa shape index (κ3) is 4.17. The number of amides is 1. The fourth-order valence-electron chi connectivity index (χ4n) is 2.31.